The van der Waals surface area contributed by atoms with Gasteiger partial charge in [0.05, 0.1) is 22.2 Å². The van der Waals surface area contributed by atoms with E-state index in [9.17, 15) is 10.1 Å². The summed E-state index contributed by atoms with van der Waals surface area (Å²) in [6.45, 7) is 0. The van der Waals surface area contributed by atoms with Crippen LogP contribution in [0, 0.1) is 10.1 Å². The molecule has 7 nitrogen and oxygen atoms in total. The highest BCUT2D eigenvalue weighted by Crippen LogP contribution is 2.43. The molecule has 2 aromatic carbocycles. The topological polar surface area (TPSA) is 84.4 Å². The van der Waals surface area contributed by atoms with Crippen LogP contribution in [0.3, 0.4) is 0 Å². The molecule has 2 atom stereocenters. The lowest BCUT2D eigenvalue weighted by Gasteiger charge is -2.26. The molecule has 164 valence electrons. The number of para-hydroxylation sites is 1. The monoisotopic (exact) mass is 476 g/mol. The Balaban J connectivity index is 1.61. The fourth-order valence-corrected chi connectivity index (χ4v) is 4.49. The molecule has 3 heterocycles. The fraction of sp³-hybridized carbons (Fsp3) is 0.0833. The van der Waals surface area contributed by atoms with Crippen molar-refractivity contribution in [1.82, 2.24) is 10.3 Å². The van der Waals surface area contributed by atoms with Crippen LogP contribution in [0.2, 0.25) is 5.02 Å². The third-order valence-corrected chi connectivity index (χ3v) is 6.05. The molecule has 0 aliphatic carbocycles. The van der Waals surface area contributed by atoms with Gasteiger partial charge in [-0.15, -0.1) is 0 Å². The lowest BCUT2D eigenvalue weighted by atomic mass is 10.0. The maximum absolute atomic E-state index is 11.5. The van der Waals surface area contributed by atoms with Crippen molar-refractivity contribution >= 4 is 40.3 Å². The summed E-state index contributed by atoms with van der Waals surface area (Å²) in [6, 6.07) is 22.5. The van der Waals surface area contributed by atoms with Crippen LogP contribution in [-0.2, 0) is 0 Å². The molecule has 1 fully saturated rings. The van der Waals surface area contributed by atoms with Crippen LogP contribution in [-0.4, -0.2) is 15.0 Å². The van der Waals surface area contributed by atoms with Crippen molar-refractivity contribution in [2.45, 2.75) is 12.1 Å². The molecule has 1 saturated heterocycles. The van der Waals surface area contributed by atoms with Gasteiger partial charge in [0.15, 0.2) is 5.11 Å². The van der Waals surface area contributed by atoms with Gasteiger partial charge in [0.25, 0.3) is 5.69 Å². The van der Waals surface area contributed by atoms with E-state index in [0.29, 0.717) is 27.2 Å². The number of nitrogens with zero attached hydrogens (tertiary/aromatic N) is 3. The van der Waals surface area contributed by atoms with E-state index in [1.54, 1.807) is 42.6 Å². The number of furan rings is 1. The van der Waals surface area contributed by atoms with E-state index in [2.05, 4.69) is 10.3 Å². The second-order valence-corrected chi connectivity index (χ2v) is 8.27. The Bertz CT molecular complexity index is 1330. The van der Waals surface area contributed by atoms with Crippen molar-refractivity contribution < 1.29 is 9.34 Å². The lowest BCUT2D eigenvalue weighted by Crippen LogP contribution is -2.29. The van der Waals surface area contributed by atoms with E-state index in [0.717, 1.165) is 11.4 Å². The van der Waals surface area contributed by atoms with Crippen LogP contribution < -0.4 is 10.2 Å². The number of anilines is 1. The largest absolute Gasteiger partial charge is 0.459 e. The van der Waals surface area contributed by atoms with Crippen molar-refractivity contribution in [3.8, 4) is 11.3 Å². The molecule has 9 heteroatoms. The second kappa shape index (κ2) is 8.65. The predicted molar refractivity (Wildman–Crippen MR) is 130 cm³/mol. The van der Waals surface area contributed by atoms with Crippen LogP contribution in [0.4, 0.5) is 11.4 Å². The SMILES string of the molecule is O=[N+]([O-])c1ccccc1-c1ccc([C@@H]2[C@@H](c3ccccn3)NC(=S)N2c2ccc(Cl)cc2)o1. The Morgan fingerprint density at radius 3 is 2.52 bits per heavy atom. The molecule has 5 rings (SSSR count). The molecule has 0 spiro atoms. The molecule has 0 unspecified atom stereocenters. The van der Waals surface area contributed by atoms with E-state index in [1.807, 2.05) is 41.3 Å². The van der Waals surface area contributed by atoms with Crippen LogP contribution in [0.5, 0.6) is 0 Å². The molecule has 2 aromatic heterocycles. The number of rotatable bonds is 5. The minimum Gasteiger partial charge on any atom is -0.459 e. The van der Waals surface area contributed by atoms with Crippen LogP contribution in [0.1, 0.15) is 23.5 Å². The average Bonchev–Trinajstić information content (AvgIpc) is 3.45. The normalized spacial score (nSPS) is 17.7. The van der Waals surface area contributed by atoms with E-state index in [1.165, 1.54) is 6.07 Å². The summed E-state index contributed by atoms with van der Waals surface area (Å²) < 4.78 is 6.22. The maximum Gasteiger partial charge on any atom is 0.280 e. The molecular weight excluding hydrogens is 460 g/mol. The first-order chi connectivity index (χ1) is 16.0. The summed E-state index contributed by atoms with van der Waals surface area (Å²) >= 11 is 11.8. The molecule has 0 bridgehead atoms. The quantitative estimate of drug-likeness (QED) is 0.212. The third-order valence-electron chi connectivity index (χ3n) is 5.49. The van der Waals surface area contributed by atoms with E-state index < -0.39 is 4.92 Å². The smallest absolute Gasteiger partial charge is 0.280 e. The zero-order chi connectivity index (χ0) is 22.9. The first-order valence-electron chi connectivity index (χ1n) is 10.1. The van der Waals surface area contributed by atoms with Gasteiger partial charge in [-0.3, -0.25) is 15.1 Å². The van der Waals surface area contributed by atoms with Gasteiger partial charge in [-0.2, -0.15) is 0 Å². The number of hydrogen-bond donors (Lipinski definition) is 1. The summed E-state index contributed by atoms with van der Waals surface area (Å²) in [6.07, 6.45) is 1.73. The molecule has 1 aliphatic heterocycles. The Morgan fingerprint density at radius 1 is 1.03 bits per heavy atom. The number of halogens is 1. The van der Waals surface area contributed by atoms with Crippen molar-refractivity contribution in [3.63, 3.8) is 0 Å². The number of nitro benzene ring substituents is 1. The van der Waals surface area contributed by atoms with Crippen LogP contribution in [0.25, 0.3) is 11.3 Å². The van der Waals surface area contributed by atoms with Gasteiger partial charge in [-0.25, -0.2) is 0 Å². The number of nitro groups is 1. The summed E-state index contributed by atoms with van der Waals surface area (Å²) in [7, 11) is 0. The first kappa shape index (κ1) is 21.1. The van der Waals surface area contributed by atoms with Crippen molar-refractivity contribution in [2.24, 2.45) is 0 Å². The highest BCUT2D eigenvalue weighted by atomic mass is 35.5. The number of nitrogens with one attached hydrogen (secondary N) is 1. The zero-order valence-electron chi connectivity index (χ0n) is 17.1. The van der Waals surface area contributed by atoms with Crippen LogP contribution in [0.15, 0.2) is 89.5 Å². The molecule has 1 N–H and O–H groups in total. The molecular formula is C24H17ClN4O3S. The second-order valence-electron chi connectivity index (χ2n) is 7.45. The van der Waals surface area contributed by atoms with Gasteiger partial charge < -0.3 is 14.6 Å². The van der Waals surface area contributed by atoms with E-state index in [4.69, 9.17) is 28.2 Å². The molecule has 0 amide bonds. The maximum atomic E-state index is 11.5. The Kier molecular flexibility index (Phi) is 5.53. The van der Waals surface area contributed by atoms with Gasteiger partial charge in [-0.1, -0.05) is 29.8 Å². The highest BCUT2D eigenvalue weighted by molar-refractivity contribution is 7.80. The lowest BCUT2D eigenvalue weighted by molar-refractivity contribution is -0.384. The first-order valence-corrected chi connectivity index (χ1v) is 10.9. The summed E-state index contributed by atoms with van der Waals surface area (Å²) in [4.78, 5) is 17.6. The Hall–Kier alpha value is -3.75. The van der Waals surface area contributed by atoms with Gasteiger partial charge in [0.1, 0.15) is 17.6 Å². The number of aromatic nitrogens is 1. The standard InChI is InChI=1S/C24H17ClN4O3S/c25-15-8-10-16(11-9-15)28-23(22(27-24(28)33)18-6-3-4-14-26-18)21-13-12-20(32-21)17-5-1-2-7-19(17)29(30)31/h1-14,22-23H,(H,27,33)/t22-,23-/m1/s1. The molecule has 4 aromatic rings. The van der Waals surface area contributed by atoms with Gasteiger partial charge in [-0.05, 0) is 66.8 Å². The minimum atomic E-state index is -0.416. The van der Waals surface area contributed by atoms with Gasteiger partial charge in [0.2, 0.25) is 0 Å². The molecule has 0 saturated carbocycles. The van der Waals surface area contributed by atoms with Gasteiger partial charge >= 0.3 is 0 Å². The average molecular weight is 477 g/mol. The van der Waals surface area contributed by atoms with Crippen molar-refractivity contribution in [3.05, 3.63) is 112 Å². The van der Waals surface area contributed by atoms with Gasteiger partial charge in [0, 0.05) is 23.0 Å². The minimum absolute atomic E-state index is 0.0192. The molecule has 0 radical (unpaired) electrons. The summed E-state index contributed by atoms with van der Waals surface area (Å²) in [5.74, 6) is 1.01. The van der Waals surface area contributed by atoms with E-state index in [-0.39, 0.29) is 17.8 Å². The highest BCUT2D eigenvalue weighted by Gasteiger charge is 2.42. The number of hydrogen-bond acceptors (Lipinski definition) is 5. The van der Waals surface area contributed by atoms with Crippen LogP contribution >= 0.6 is 23.8 Å². The zero-order valence-corrected chi connectivity index (χ0v) is 18.7. The summed E-state index contributed by atoms with van der Waals surface area (Å²) in [5, 5.41) is 16.0. The summed E-state index contributed by atoms with van der Waals surface area (Å²) in [5.41, 5.74) is 2.03. The van der Waals surface area contributed by atoms with E-state index >= 15 is 0 Å². The van der Waals surface area contributed by atoms with Crippen molar-refractivity contribution in [1.29, 1.82) is 0 Å². The number of benzene rings is 2. The molecule has 1 aliphatic rings. The number of pyridine rings is 1. The third kappa shape index (κ3) is 3.94. The Morgan fingerprint density at radius 2 is 1.79 bits per heavy atom. The molecule has 33 heavy (non-hydrogen) atoms. The Labute approximate surface area is 199 Å². The fourth-order valence-electron chi connectivity index (χ4n) is 4.02. The number of thiocarbonyl (C=S) groups is 1. The predicted octanol–water partition coefficient (Wildman–Crippen LogP) is 6.08. The van der Waals surface area contributed by atoms with Crippen molar-refractivity contribution in [2.75, 3.05) is 4.90 Å².